The Morgan fingerprint density at radius 2 is 1.85 bits per heavy atom. The number of morpholine rings is 1. The van der Waals surface area contributed by atoms with Gasteiger partial charge in [-0.05, 0) is 49.5 Å². The first-order valence-corrected chi connectivity index (χ1v) is 8.02. The smallest absolute Gasteiger partial charge is 0.0642 e. The van der Waals surface area contributed by atoms with Crippen molar-refractivity contribution in [3.63, 3.8) is 0 Å². The summed E-state index contributed by atoms with van der Waals surface area (Å²) >= 11 is 0. The Hall–Kier alpha value is -1.06. The molecule has 1 aromatic rings. The predicted octanol–water partition coefficient (Wildman–Crippen LogP) is 2.72. The van der Waals surface area contributed by atoms with Gasteiger partial charge in [-0.15, -0.1) is 0 Å². The summed E-state index contributed by atoms with van der Waals surface area (Å²) in [5.74, 6) is 0.736. The molecule has 0 amide bonds. The molecule has 20 heavy (non-hydrogen) atoms. The average Bonchev–Trinajstić information content (AvgIpc) is 2.97. The minimum absolute atomic E-state index is 0.736. The van der Waals surface area contributed by atoms with E-state index in [9.17, 15) is 0 Å². The van der Waals surface area contributed by atoms with Crippen LogP contribution in [0.5, 0.6) is 0 Å². The molecular weight excluding hydrogens is 248 g/mol. The zero-order valence-corrected chi connectivity index (χ0v) is 12.6. The molecule has 2 fully saturated rings. The molecule has 3 nitrogen and oxygen atoms in total. The van der Waals surface area contributed by atoms with E-state index < -0.39 is 0 Å². The van der Waals surface area contributed by atoms with Gasteiger partial charge < -0.3 is 14.5 Å². The third-order valence-electron chi connectivity index (χ3n) is 4.55. The number of ether oxygens (including phenoxy) is 1. The monoisotopic (exact) mass is 274 g/mol. The minimum Gasteiger partial charge on any atom is -0.378 e. The summed E-state index contributed by atoms with van der Waals surface area (Å²) in [6, 6.07) is 9.27. The second kappa shape index (κ2) is 6.59. The Balaban J connectivity index is 1.61. The van der Waals surface area contributed by atoms with Crippen LogP contribution in [0, 0.1) is 0 Å². The second-order valence-electron chi connectivity index (χ2n) is 5.98. The topological polar surface area (TPSA) is 15.7 Å². The summed E-state index contributed by atoms with van der Waals surface area (Å²) in [7, 11) is 0. The number of benzene rings is 1. The van der Waals surface area contributed by atoms with Crippen molar-refractivity contribution in [2.24, 2.45) is 0 Å². The van der Waals surface area contributed by atoms with E-state index in [4.69, 9.17) is 4.74 Å². The molecule has 2 heterocycles. The summed E-state index contributed by atoms with van der Waals surface area (Å²) in [5.41, 5.74) is 2.86. The third-order valence-corrected chi connectivity index (χ3v) is 4.55. The predicted molar refractivity (Wildman–Crippen MR) is 83.6 cm³/mol. The fourth-order valence-electron chi connectivity index (χ4n) is 3.40. The van der Waals surface area contributed by atoms with E-state index in [1.54, 1.807) is 0 Å². The van der Waals surface area contributed by atoms with Gasteiger partial charge in [0, 0.05) is 25.3 Å². The number of anilines is 1. The molecule has 1 atom stereocenters. The Bertz CT molecular complexity index is 412. The minimum atomic E-state index is 0.736. The van der Waals surface area contributed by atoms with Crippen molar-refractivity contribution in [3.05, 3.63) is 29.8 Å². The maximum Gasteiger partial charge on any atom is 0.0642 e. The van der Waals surface area contributed by atoms with Crippen LogP contribution in [0.1, 0.15) is 31.2 Å². The lowest BCUT2D eigenvalue weighted by Crippen LogP contribution is -2.36. The Morgan fingerprint density at radius 1 is 1.10 bits per heavy atom. The van der Waals surface area contributed by atoms with Crippen LogP contribution in [0.15, 0.2) is 24.3 Å². The zero-order valence-electron chi connectivity index (χ0n) is 12.6. The van der Waals surface area contributed by atoms with Crippen LogP contribution in [0.4, 0.5) is 5.69 Å². The van der Waals surface area contributed by atoms with E-state index in [0.717, 1.165) is 32.2 Å². The quantitative estimate of drug-likeness (QED) is 0.839. The molecule has 0 spiro atoms. The van der Waals surface area contributed by atoms with Crippen LogP contribution in [-0.2, 0) is 4.74 Å². The van der Waals surface area contributed by atoms with Gasteiger partial charge in [-0.2, -0.15) is 0 Å². The number of nitrogens with zero attached hydrogens (tertiary/aromatic N) is 2. The van der Waals surface area contributed by atoms with Crippen molar-refractivity contribution in [3.8, 4) is 0 Å². The summed E-state index contributed by atoms with van der Waals surface area (Å²) in [6.07, 6.45) is 2.58. The average molecular weight is 274 g/mol. The standard InChI is InChI=1S/C17H26N2O/c1-2-8-18-9-7-16(14-18)15-3-5-17(6-4-15)19-10-12-20-13-11-19/h3-6,16H,2,7-14H2,1H3. The first kappa shape index (κ1) is 13.9. The molecule has 0 radical (unpaired) electrons. The summed E-state index contributed by atoms with van der Waals surface area (Å²) in [6.45, 7) is 9.79. The van der Waals surface area contributed by atoms with Crippen molar-refractivity contribution in [1.82, 2.24) is 4.90 Å². The van der Waals surface area contributed by atoms with Crippen molar-refractivity contribution in [1.29, 1.82) is 0 Å². The zero-order chi connectivity index (χ0) is 13.8. The summed E-state index contributed by atoms with van der Waals surface area (Å²) in [5, 5.41) is 0. The normalized spacial score (nSPS) is 24.2. The van der Waals surface area contributed by atoms with Gasteiger partial charge in [-0.1, -0.05) is 19.1 Å². The first-order valence-electron chi connectivity index (χ1n) is 8.02. The van der Waals surface area contributed by atoms with E-state index in [2.05, 4.69) is 41.0 Å². The lowest BCUT2D eigenvalue weighted by Gasteiger charge is -2.29. The number of hydrogen-bond donors (Lipinski definition) is 0. The lowest BCUT2D eigenvalue weighted by atomic mass is 9.98. The molecule has 1 aromatic carbocycles. The molecule has 110 valence electrons. The maximum atomic E-state index is 5.41. The van der Waals surface area contributed by atoms with Gasteiger partial charge in [0.05, 0.1) is 13.2 Å². The molecule has 3 heteroatoms. The fraction of sp³-hybridized carbons (Fsp3) is 0.647. The summed E-state index contributed by atoms with van der Waals surface area (Å²) < 4.78 is 5.41. The van der Waals surface area contributed by atoms with E-state index in [1.807, 2.05) is 0 Å². The van der Waals surface area contributed by atoms with Crippen molar-refractivity contribution in [2.75, 3.05) is 50.8 Å². The highest BCUT2D eigenvalue weighted by atomic mass is 16.5. The molecule has 0 aromatic heterocycles. The van der Waals surface area contributed by atoms with Gasteiger partial charge in [-0.25, -0.2) is 0 Å². The Labute approximate surface area is 122 Å². The molecule has 2 saturated heterocycles. The van der Waals surface area contributed by atoms with Crippen molar-refractivity contribution >= 4 is 5.69 Å². The van der Waals surface area contributed by atoms with Gasteiger partial charge in [0.15, 0.2) is 0 Å². The molecule has 2 aliphatic heterocycles. The molecule has 1 unspecified atom stereocenters. The molecule has 3 rings (SSSR count). The lowest BCUT2D eigenvalue weighted by molar-refractivity contribution is 0.122. The van der Waals surface area contributed by atoms with Crippen LogP contribution >= 0.6 is 0 Å². The molecular formula is C17H26N2O. The van der Waals surface area contributed by atoms with E-state index in [0.29, 0.717) is 0 Å². The van der Waals surface area contributed by atoms with Gasteiger partial charge in [0.25, 0.3) is 0 Å². The van der Waals surface area contributed by atoms with Crippen LogP contribution in [-0.4, -0.2) is 50.8 Å². The third kappa shape index (κ3) is 3.15. The largest absolute Gasteiger partial charge is 0.378 e. The Morgan fingerprint density at radius 3 is 2.55 bits per heavy atom. The van der Waals surface area contributed by atoms with Crippen molar-refractivity contribution < 1.29 is 4.74 Å². The van der Waals surface area contributed by atoms with Crippen molar-refractivity contribution in [2.45, 2.75) is 25.7 Å². The fourth-order valence-corrected chi connectivity index (χ4v) is 3.40. The maximum absolute atomic E-state index is 5.41. The number of rotatable bonds is 4. The first-order chi connectivity index (χ1) is 9.86. The van der Waals surface area contributed by atoms with Gasteiger partial charge in [-0.3, -0.25) is 0 Å². The second-order valence-corrected chi connectivity index (χ2v) is 5.98. The van der Waals surface area contributed by atoms with Gasteiger partial charge in [0.2, 0.25) is 0 Å². The SMILES string of the molecule is CCCN1CCC(c2ccc(N3CCOCC3)cc2)C1. The van der Waals surface area contributed by atoms with Crippen LogP contribution in [0.25, 0.3) is 0 Å². The molecule has 0 saturated carbocycles. The highest BCUT2D eigenvalue weighted by Crippen LogP contribution is 2.28. The van der Waals surface area contributed by atoms with Crippen LogP contribution in [0.3, 0.4) is 0 Å². The van der Waals surface area contributed by atoms with E-state index in [-0.39, 0.29) is 0 Å². The summed E-state index contributed by atoms with van der Waals surface area (Å²) in [4.78, 5) is 5.02. The van der Waals surface area contributed by atoms with Gasteiger partial charge >= 0.3 is 0 Å². The van der Waals surface area contributed by atoms with Crippen LogP contribution < -0.4 is 4.90 Å². The van der Waals surface area contributed by atoms with Gasteiger partial charge in [0.1, 0.15) is 0 Å². The highest BCUT2D eigenvalue weighted by Gasteiger charge is 2.23. The Kier molecular flexibility index (Phi) is 4.58. The number of likely N-dealkylation sites (tertiary alicyclic amines) is 1. The van der Waals surface area contributed by atoms with E-state index >= 15 is 0 Å². The highest BCUT2D eigenvalue weighted by molar-refractivity contribution is 5.48. The molecule has 0 N–H and O–H groups in total. The van der Waals surface area contributed by atoms with E-state index in [1.165, 1.54) is 43.7 Å². The molecule has 0 aliphatic carbocycles. The molecule has 0 bridgehead atoms. The number of hydrogen-bond acceptors (Lipinski definition) is 3. The van der Waals surface area contributed by atoms with Crippen LogP contribution in [0.2, 0.25) is 0 Å². The molecule has 2 aliphatic rings.